The van der Waals surface area contributed by atoms with Crippen molar-refractivity contribution >= 4 is 12.0 Å². The second kappa shape index (κ2) is 7.05. The van der Waals surface area contributed by atoms with Crippen molar-refractivity contribution in [3.8, 4) is 0 Å². The number of carbonyl (C=O) groups is 1. The van der Waals surface area contributed by atoms with Crippen molar-refractivity contribution < 1.29 is 4.79 Å². The van der Waals surface area contributed by atoms with E-state index in [1.54, 1.807) is 0 Å². The molecule has 1 amide bonds. The fraction of sp³-hybridized carbons (Fsp3) is 0.526. The zero-order valence-electron chi connectivity index (χ0n) is 14.0. The summed E-state index contributed by atoms with van der Waals surface area (Å²) in [6.07, 6.45) is 7.53. The molecule has 2 saturated heterocycles. The van der Waals surface area contributed by atoms with Crippen LogP contribution >= 0.6 is 0 Å². The van der Waals surface area contributed by atoms with Crippen molar-refractivity contribution in [2.24, 2.45) is 5.92 Å². The van der Waals surface area contributed by atoms with E-state index in [4.69, 9.17) is 0 Å². The zero-order chi connectivity index (χ0) is 16.4. The lowest BCUT2D eigenvalue weighted by molar-refractivity contribution is -0.138. The summed E-state index contributed by atoms with van der Waals surface area (Å²) in [5.41, 5.74) is 12.2. The Labute approximate surface area is 143 Å². The summed E-state index contributed by atoms with van der Waals surface area (Å²) < 4.78 is 0. The summed E-state index contributed by atoms with van der Waals surface area (Å²) in [5.74, 6) is 0.437. The molecule has 0 aromatic heterocycles. The number of amides is 1. The van der Waals surface area contributed by atoms with Gasteiger partial charge in [0.1, 0.15) is 0 Å². The first kappa shape index (κ1) is 15.8. The molecule has 5 heteroatoms. The topological polar surface area (TPSA) is 56.4 Å². The molecule has 4 rings (SSSR count). The van der Waals surface area contributed by atoms with Crippen molar-refractivity contribution in [2.75, 3.05) is 13.1 Å². The molecular formula is C19H26N4O. The number of nitrogens with zero attached hydrogens (tertiary/aromatic N) is 1. The Morgan fingerprint density at radius 2 is 1.88 bits per heavy atom. The lowest BCUT2D eigenvalue weighted by Gasteiger charge is -2.37. The van der Waals surface area contributed by atoms with Crippen molar-refractivity contribution in [2.45, 2.75) is 44.2 Å². The molecule has 3 atom stereocenters. The third-order valence-electron chi connectivity index (χ3n) is 5.60. The predicted octanol–water partition coefficient (Wildman–Crippen LogP) is 1.84. The Morgan fingerprint density at radius 3 is 2.67 bits per heavy atom. The van der Waals surface area contributed by atoms with Gasteiger partial charge in [0.25, 0.3) is 0 Å². The summed E-state index contributed by atoms with van der Waals surface area (Å²) in [6.45, 7) is 1.71. The molecule has 24 heavy (non-hydrogen) atoms. The summed E-state index contributed by atoms with van der Waals surface area (Å²) in [5, 5.41) is 0. The molecule has 0 radical (unpaired) electrons. The maximum Gasteiger partial charge on any atom is 0.227 e. The van der Waals surface area contributed by atoms with E-state index in [2.05, 4.69) is 51.6 Å². The van der Waals surface area contributed by atoms with Crippen molar-refractivity contribution in [1.29, 1.82) is 0 Å². The summed E-state index contributed by atoms with van der Waals surface area (Å²) in [4.78, 5) is 15.1. The van der Waals surface area contributed by atoms with Crippen LogP contribution in [0.1, 0.15) is 37.7 Å². The van der Waals surface area contributed by atoms with E-state index < -0.39 is 0 Å². The molecule has 1 aromatic rings. The van der Waals surface area contributed by atoms with Crippen LogP contribution in [-0.2, 0) is 4.79 Å². The van der Waals surface area contributed by atoms with Crippen molar-refractivity contribution in [1.82, 2.24) is 21.3 Å². The average molecular weight is 326 g/mol. The van der Waals surface area contributed by atoms with Gasteiger partial charge in [-0.2, -0.15) is 5.53 Å². The Kier molecular flexibility index (Phi) is 4.65. The van der Waals surface area contributed by atoms with E-state index in [-0.39, 0.29) is 12.0 Å². The third kappa shape index (κ3) is 3.24. The quantitative estimate of drug-likeness (QED) is 0.776. The van der Waals surface area contributed by atoms with Gasteiger partial charge in [-0.15, -0.1) is 0 Å². The molecule has 1 saturated carbocycles. The number of hydrazine groups is 2. The van der Waals surface area contributed by atoms with Crippen LogP contribution in [0.15, 0.2) is 35.9 Å². The molecule has 0 bridgehead atoms. The minimum absolute atomic E-state index is 0.103. The van der Waals surface area contributed by atoms with Gasteiger partial charge in [0.05, 0.1) is 12.0 Å². The highest BCUT2D eigenvalue weighted by Crippen LogP contribution is 2.29. The second-order valence-electron chi connectivity index (χ2n) is 7.12. The molecule has 3 N–H and O–H groups in total. The summed E-state index contributed by atoms with van der Waals surface area (Å²) in [6, 6.07) is 11.1. The lowest BCUT2D eigenvalue weighted by Crippen LogP contribution is -2.52. The van der Waals surface area contributed by atoms with Crippen LogP contribution in [0.5, 0.6) is 0 Å². The zero-order valence-corrected chi connectivity index (χ0v) is 14.0. The molecule has 3 fully saturated rings. The standard InChI is InChI=1S/C19H26N4O/c24-19(16-7-4-8-17-18(16)21-22-20-17)23-11-9-15(10-12-23)13-14-5-2-1-3-6-14/h1-3,5-6,13,16-18,20-22H,4,7-12H2. The van der Waals surface area contributed by atoms with Crippen LogP contribution in [0, 0.1) is 5.92 Å². The van der Waals surface area contributed by atoms with Crippen LogP contribution in [0.3, 0.4) is 0 Å². The maximum atomic E-state index is 13.0. The summed E-state index contributed by atoms with van der Waals surface area (Å²) >= 11 is 0. The van der Waals surface area contributed by atoms with Crippen LogP contribution in [0.4, 0.5) is 0 Å². The van der Waals surface area contributed by atoms with Gasteiger partial charge in [-0.3, -0.25) is 4.79 Å². The van der Waals surface area contributed by atoms with E-state index in [0.29, 0.717) is 11.9 Å². The van der Waals surface area contributed by atoms with Gasteiger partial charge in [-0.05, 0) is 31.2 Å². The lowest BCUT2D eigenvalue weighted by atomic mass is 9.80. The number of benzene rings is 1. The van der Waals surface area contributed by atoms with E-state index in [1.807, 2.05) is 6.07 Å². The molecule has 2 aliphatic heterocycles. The van der Waals surface area contributed by atoms with E-state index in [1.165, 1.54) is 11.1 Å². The van der Waals surface area contributed by atoms with Crippen LogP contribution in [0.2, 0.25) is 0 Å². The fourth-order valence-corrected chi connectivity index (χ4v) is 4.23. The third-order valence-corrected chi connectivity index (χ3v) is 5.60. The van der Waals surface area contributed by atoms with Crippen molar-refractivity contribution in [3.05, 3.63) is 41.5 Å². The minimum Gasteiger partial charge on any atom is -0.342 e. The monoisotopic (exact) mass is 326 g/mol. The second-order valence-corrected chi connectivity index (χ2v) is 7.12. The number of nitrogens with one attached hydrogen (secondary N) is 3. The van der Waals surface area contributed by atoms with Gasteiger partial charge in [-0.1, -0.05) is 48.4 Å². The fourth-order valence-electron chi connectivity index (χ4n) is 4.23. The van der Waals surface area contributed by atoms with E-state index >= 15 is 0 Å². The first-order chi connectivity index (χ1) is 11.8. The first-order valence-corrected chi connectivity index (χ1v) is 9.10. The highest BCUT2D eigenvalue weighted by molar-refractivity contribution is 5.80. The molecule has 3 aliphatic rings. The predicted molar refractivity (Wildman–Crippen MR) is 94.6 cm³/mol. The molecule has 1 aliphatic carbocycles. The molecule has 1 aromatic carbocycles. The smallest absolute Gasteiger partial charge is 0.227 e. The molecule has 0 spiro atoms. The Morgan fingerprint density at radius 1 is 1.08 bits per heavy atom. The molecule has 3 unspecified atom stereocenters. The first-order valence-electron chi connectivity index (χ1n) is 9.10. The normalized spacial score (nSPS) is 30.1. The Balaban J connectivity index is 1.37. The number of likely N-dealkylation sites (tertiary alicyclic amines) is 1. The Bertz CT molecular complexity index is 605. The van der Waals surface area contributed by atoms with Gasteiger partial charge in [0.15, 0.2) is 0 Å². The number of rotatable bonds is 2. The number of hydrogen-bond donors (Lipinski definition) is 3. The minimum atomic E-state index is 0.103. The highest BCUT2D eigenvalue weighted by atomic mass is 16.2. The van der Waals surface area contributed by atoms with Gasteiger partial charge < -0.3 is 4.90 Å². The average Bonchev–Trinajstić information content (AvgIpc) is 3.11. The number of hydrogen-bond acceptors (Lipinski definition) is 4. The molecule has 2 heterocycles. The van der Waals surface area contributed by atoms with Gasteiger partial charge in [-0.25, -0.2) is 10.9 Å². The van der Waals surface area contributed by atoms with Gasteiger partial charge in [0.2, 0.25) is 5.91 Å². The van der Waals surface area contributed by atoms with Gasteiger partial charge in [0, 0.05) is 19.1 Å². The molecule has 5 nitrogen and oxygen atoms in total. The number of piperidine rings is 1. The number of fused-ring (bicyclic) bond motifs is 1. The van der Waals surface area contributed by atoms with Crippen LogP contribution in [-0.4, -0.2) is 36.0 Å². The largest absolute Gasteiger partial charge is 0.342 e. The Hall–Kier alpha value is -1.69. The maximum absolute atomic E-state index is 13.0. The summed E-state index contributed by atoms with van der Waals surface area (Å²) in [7, 11) is 0. The number of carbonyl (C=O) groups excluding carboxylic acids is 1. The van der Waals surface area contributed by atoms with E-state index in [0.717, 1.165) is 45.2 Å². The molecular weight excluding hydrogens is 300 g/mol. The SMILES string of the molecule is O=C(C1CCCC2NNNC21)N1CCC(=Cc2ccccc2)CC1. The van der Waals surface area contributed by atoms with Crippen LogP contribution in [0.25, 0.3) is 6.08 Å². The van der Waals surface area contributed by atoms with Crippen LogP contribution < -0.4 is 16.4 Å². The molecule has 128 valence electrons. The van der Waals surface area contributed by atoms with Gasteiger partial charge >= 0.3 is 0 Å². The van der Waals surface area contributed by atoms with Crippen molar-refractivity contribution in [3.63, 3.8) is 0 Å². The highest BCUT2D eigenvalue weighted by Gasteiger charge is 2.41. The van der Waals surface area contributed by atoms with E-state index in [9.17, 15) is 4.79 Å².